The summed E-state index contributed by atoms with van der Waals surface area (Å²) in [5.41, 5.74) is 8.02. The number of ether oxygens (including phenoxy) is 2. The summed E-state index contributed by atoms with van der Waals surface area (Å²) in [6.45, 7) is 5.82. The molecule has 0 bridgehead atoms. The smallest absolute Gasteiger partial charge is 0.412 e. The van der Waals surface area contributed by atoms with Crippen LogP contribution in [0.4, 0.5) is 16.4 Å². The number of anilines is 2. The maximum absolute atomic E-state index is 12.1. The molecule has 29 heavy (non-hydrogen) atoms. The van der Waals surface area contributed by atoms with Gasteiger partial charge in [-0.3, -0.25) is 5.32 Å². The van der Waals surface area contributed by atoms with Crippen molar-refractivity contribution in [3.05, 3.63) is 66.4 Å². The summed E-state index contributed by atoms with van der Waals surface area (Å²) < 4.78 is 11.3. The molecule has 1 amide bonds. The minimum absolute atomic E-state index is 0.155. The Morgan fingerprint density at radius 1 is 1.10 bits per heavy atom. The van der Waals surface area contributed by atoms with Crippen LogP contribution >= 0.6 is 0 Å². The molecule has 7 heteroatoms. The average Bonchev–Trinajstić information content (AvgIpc) is 2.66. The molecule has 150 valence electrons. The summed E-state index contributed by atoms with van der Waals surface area (Å²) in [5, 5.41) is 2.73. The van der Waals surface area contributed by atoms with Gasteiger partial charge in [0.25, 0.3) is 0 Å². The Bertz CT molecular complexity index is 985. The van der Waals surface area contributed by atoms with E-state index in [2.05, 4.69) is 15.3 Å². The third kappa shape index (κ3) is 5.93. The maximum atomic E-state index is 12.1. The molecule has 0 unspecified atom stereocenters. The molecule has 1 heterocycles. The Kier molecular flexibility index (Phi) is 5.97. The molecule has 0 radical (unpaired) electrons. The summed E-state index contributed by atoms with van der Waals surface area (Å²) in [4.78, 5) is 20.3. The van der Waals surface area contributed by atoms with Crippen LogP contribution in [0.25, 0.3) is 11.3 Å². The highest BCUT2D eigenvalue weighted by Gasteiger charge is 2.17. The van der Waals surface area contributed by atoms with E-state index in [1.165, 1.54) is 0 Å². The molecule has 0 aliphatic carbocycles. The van der Waals surface area contributed by atoms with Crippen molar-refractivity contribution < 1.29 is 14.3 Å². The van der Waals surface area contributed by atoms with Crippen LogP contribution in [-0.4, -0.2) is 21.7 Å². The first kappa shape index (κ1) is 20.1. The van der Waals surface area contributed by atoms with Crippen molar-refractivity contribution >= 4 is 17.7 Å². The lowest BCUT2D eigenvalue weighted by Gasteiger charge is -2.20. The molecule has 0 saturated carbocycles. The average molecular weight is 392 g/mol. The number of carbonyl (C=O) groups excluding carboxylic acids is 1. The van der Waals surface area contributed by atoms with Crippen LogP contribution in [0.3, 0.4) is 0 Å². The Balaban J connectivity index is 1.88. The Morgan fingerprint density at radius 3 is 2.55 bits per heavy atom. The molecule has 3 N–H and O–H groups in total. The normalized spacial score (nSPS) is 11.0. The van der Waals surface area contributed by atoms with Crippen molar-refractivity contribution in [1.82, 2.24) is 9.97 Å². The van der Waals surface area contributed by atoms with Gasteiger partial charge in [-0.1, -0.05) is 30.3 Å². The number of rotatable bonds is 5. The molecule has 0 aliphatic rings. The monoisotopic (exact) mass is 392 g/mol. The summed E-state index contributed by atoms with van der Waals surface area (Å²) in [6.07, 6.45) is 1.04. The van der Waals surface area contributed by atoms with Crippen LogP contribution in [0.1, 0.15) is 26.3 Å². The largest absolute Gasteiger partial charge is 0.488 e. The van der Waals surface area contributed by atoms with Gasteiger partial charge in [0, 0.05) is 17.4 Å². The van der Waals surface area contributed by atoms with Crippen molar-refractivity contribution in [3.8, 4) is 17.0 Å². The lowest BCUT2D eigenvalue weighted by molar-refractivity contribution is 0.0636. The van der Waals surface area contributed by atoms with Crippen molar-refractivity contribution in [3.63, 3.8) is 0 Å². The number of hydrogen-bond donors (Lipinski definition) is 2. The zero-order valence-corrected chi connectivity index (χ0v) is 16.7. The Hall–Kier alpha value is -3.61. The first-order chi connectivity index (χ1) is 13.8. The maximum Gasteiger partial charge on any atom is 0.412 e. The molecule has 7 nitrogen and oxygen atoms in total. The number of nitrogens with zero attached hydrogens (tertiary/aromatic N) is 2. The summed E-state index contributed by atoms with van der Waals surface area (Å²) in [6, 6.07) is 16.9. The van der Waals surface area contributed by atoms with E-state index in [0.717, 1.165) is 5.56 Å². The van der Waals surface area contributed by atoms with Gasteiger partial charge in [0.05, 0.1) is 5.69 Å². The first-order valence-electron chi connectivity index (χ1n) is 9.20. The molecule has 1 aromatic heterocycles. The fourth-order valence-corrected chi connectivity index (χ4v) is 2.61. The fraction of sp³-hybridized carbons (Fsp3) is 0.227. The summed E-state index contributed by atoms with van der Waals surface area (Å²) >= 11 is 0. The number of nitrogen functional groups attached to an aromatic ring is 1. The van der Waals surface area contributed by atoms with E-state index in [1.807, 2.05) is 51.1 Å². The van der Waals surface area contributed by atoms with E-state index >= 15 is 0 Å². The predicted molar refractivity (Wildman–Crippen MR) is 113 cm³/mol. The van der Waals surface area contributed by atoms with Gasteiger partial charge in [-0.2, -0.15) is 0 Å². The van der Waals surface area contributed by atoms with Crippen LogP contribution < -0.4 is 15.8 Å². The van der Waals surface area contributed by atoms with Gasteiger partial charge >= 0.3 is 6.09 Å². The second kappa shape index (κ2) is 8.60. The van der Waals surface area contributed by atoms with Gasteiger partial charge in [-0.15, -0.1) is 0 Å². The van der Waals surface area contributed by atoms with Crippen molar-refractivity contribution in [2.75, 3.05) is 11.1 Å². The quantitative estimate of drug-likeness (QED) is 0.655. The van der Waals surface area contributed by atoms with E-state index in [4.69, 9.17) is 15.2 Å². The molecule has 2 aromatic carbocycles. The highest BCUT2D eigenvalue weighted by atomic mass is 16.6. The number of nitrogens with one attached hydrogen (secondary N) is 1. The SMILES string of the molecule is CC(C)(C)OC(=O)Nc1ccc(OCc2ccccc2)c(-c2ccnc(N)n2)c1. The fourth-order valence-electron chi connectivity index (χ4n) is 2.61. The first-order valence-corrected chi connectivity index (χ1v) is 9.20. The van der Waals surface area contributed by atoms with Gasteiger partial charge < -0.3 is 15.2 Å². The molecule has 0 atom stereocenters. The molecular formula is C22H24N4O3. The van der Waals surface area contributed by atoms with Crippen molar-refractivity contribution in [1.29, 1.82) is 0 Å². The van der Waals surface area contributed by atoms with Gasteiger partial charge in [-0.25, -0.2) is 14.8 Å². The second-order valence-electron chi connectivity index (χ2n) is 7.41. The van der Waals surface area contributed by atoms with E-state index in [0.29, 0.717) is 29.3 Å². The van der Waals surface area contributed by atoms with Gasteiger partial charge in [0.2, 0.25) is 5.95 Å². The molecular weight excluding hydrogens is 368 g/mol. The molecule has 0 spiro atoms. The number of nitrogens with two attached hydrogens (primary N) is 1. The Morgan fingerprint density at radius 2 is 1.86 bits per heavy atom. The molecule has 3 rings (SSSR count). The molecule has 0 saturated heterocycles. The zero-order valence-electron chi connectivity index (χ0n) is 16.7. The highest BCUT2D eigenvalue weighted by Crippen LogP contribution is 2.32. The number of benzene rings is 2. The van der Waals surface area contributed by atoms with Crippen LogP contribution in [0.2, 0.25) is 0 Å². The van der Waals surface area contributed by atoms with E-state index in [-0.39, 0.29) is 5.95 Å². The van der Waals surface area contributed by atoms with E-state index < -0.39 is 11.7 Å². The minimum Gasteiger partial charge on any atom is -0.488 e. The van der Waals surface area contributed by atoms with Crippen LogP contribution in [0, 0.1) is 0 Å². The number of amides is 1. The third-order valence-corrected chi connectivity index (χ3v) is 3.81. The number of hydrogen-bond acceptors (Lipinski definition) is 6. The lowest BCUT2D eigenvalue weighted by Crippen LogP contribution is -2.27. The van der Waals surface area contributed by atoms with E-state index in [9.17, 15) is 4.79 Å². The molecule has 0 aliphatic heterocycles. The topological polar surface area (TPSA) is 99.4 Å². The highest BCUT2D eigenvalue weighted by molar-refractivity contribution is 5.87. The summed E-state index contributed by atoms with van der Waals surface area (Å²) in [5.74, 6) is 0.767. The third-order valence-electron chi connectivity index (χ3n) is 3.81. The van der Waals surface area contributed by atoms with Crippen LogP contribution in [-0.2, 0) is 11.3 Å². The van der Waals surface area contributed by atoms with Crippen LogP contribution in [0.15, 0.2) is 60.8 Å². The lowest BCUT2D eigenvalue weighted by atomic mass is 10.1. The van der Waals surface area contributed by atoms with Gasteiger partial charge in [-0.05, 0) is 50.6 Å². The predicted octanol–water partition coefficient (Wildman–Crippen LogP) is 4.65. The Labute approximate surface area is 169 Å². The number of aromatic nitrogens is 2. The second-order valence-corrected chi connectivity index (χ2v) is 7.41. The standard InChI is InChI=1S/C22H24N4O3/c1-22(2,3)29-21(27)25-16-9-10-19(28-14-15-7-5-4-6-8-15)17(13-16)18-11-12-24-20(23)26-18/h4-13H,14H2,1-3H3,(H,25,27)(H2,23,24,26). The van der Waals surface area contributed by atoms with Crippen LogP contribution in [0.5, 0.6) is 5.75 Å². The van der Waals surface area contributed by atoms with Crippen molar-refractivity contribution in [2.24, 2.45) is 0 Å². The summed E-state index contributed by atoms with van der Waals surface area (Å²) in [7, 11) is 0. The zero-order chi connectivity index (χ0) is 20.9. The molecule has 0 fully saturated rings. The molecule has 3 aromatic rings. The van der Waals surface area contributed by atoms with Crippen molar-refractivity contribution in [2.45, 2.75) is 33.0 Å². The van der Waals surface area contributed by atoms with Gasteiger partial charge in [0.15, 0.2) is 0 Å². The van der Waals surface area contributed by atoms with Gasteiger partial charge in [0.1, 0.15) is 18.0 Å². The van der Waals surface area contributed by atoms with E-state index in [1.54, 1.807) is 30.5 Å². The number of carbonyl (C=O) groups is 1. The minimum atomic E-state index is -0.591.